The average molecular weight is 157 g/mol. The highest BCUT2D eigenvalue weighted by Crippen LogP contribution is 2.09. The van der Waals surface area contributed by atoms with Crippen molar-refractivity contribution in [2.45, 2.75) is 32.4 Å². The fourth-order valence-corrected chi connectivity index (χ4v) is 1.30. The maximum absolute atomic E-state index is 11.1. The van der Waals surface area contributed by atoms with E-state index in [1.807, 2.05) is 13.8 Å². The largest absolute Gasteiger partial charge is 0.371 e. The standard InChI is InChI=1S/C8H15NO2/c1-3-9-7-4-6(2)11-5-8(7)10/h6-7,9H,3-5H2,1-2H3. The van der Waals surface area contributed by atoms with Gasteiger partial charge >= 0.3 is 0 Å². The minimum atomic E-state index is 0.0312. The summed E-state index contributed by atoms with van der Waals surface area (Å²) in [6.45, 7) is 5.13. The smallest absolute Gasteiger partial charge is 0.175 e. The molecule has 64 valence electrons. The van der Waals surface area contributed by atoms with E-state index in [-0.39, 0.29) is 24.5 Å². The Bertz CT molecular complexity index is 147. The summed E-state index contributed by atoms with van der Waals surface area (Å²) in [7, 11) is 0. The number of hydrogen-bond acceptors (Lipinski definition) is 3. The van der Waals surface area contributed by atoms with E-state index in [0.717, 1.165) is 13.0 Å². The molecule has 2 atom stereocenters. The van der Waals surface area contributed by atoms with Crippen LogP contribution >= 0.6 is 0 Å². The van der Waals surface area contributed by atoms with Crippen molar-refractivity contribution in [2.24, 2.45) is 0 Å². The van der Waals surface area contributed by atoms with E-state index in [9.17, 15) is 4.79 Å². The highest BCUT2D eigenvalue weighted by molar-refractivity contribution is 5.85. The van der Waals surface area contributed by atoms with Gasteiger partial charge in [-0.1, -0.05) is 6.92 Å². The molecule has 3 nitrogen and oxygen atoms in total. The van der Waals surface area contributed by atoms with Crippen LogP contribution in [0.4, 0.5) is 0 Å². The Hall–Kier alpha value is -0.410. The molecule has 0 aromatic rings. The van der Waals surface area contributed by atoms with Crippen molar-refractivity contribution >= 4 is 5.78 Å². The third-order valence-corrected chi connectivity index (χ3v) is 1.92. The van der Waals surface area contributed by atoms with Gasteiger partial charge in [-0.25, -0.2) is 0 Å². The van der Waals surface area contributed by atoms with Crippen molar-refractivity contribution in [3.05, 3.63) is 0 Å². The lowest BCUT2D eigenvalue weighted by atomic mass is 10.0. The van der Waals surface area contributed by atoms with Gasteiger partial charge in [-0.3, -0.25) is 4.79 Å². The zero-order valence-electron chi connectivity index (χ0n) is 7.09. The van der Waals surface area contributed by atoms with Crippen LogP contribution in [0.5, 0.6) is 0 Å². The average Bonchev–Trinajstić information content (AvgIpc) is 1.98. The maximum Gasteiger partial charge on any atom is 0.175 e. The van der Waals surface area contributed by atoms with Crippen LogP contribution < -0.4 is 5.32 Å². The molecule has 1 aliphatic rings. The molecule has 0 aromatic heterocycles. The molecule has 0 radical (unpaired) electrons. The number of hydrogen-bond donors (Lipinski definition) is 1. The Balaban J connectivity index is 2.40. The van der Waals surface area contributed by atoms with Crippen LogP contribution in [-0.4, -0.2) is 31.1 Å². The van der Waals surface area contributed by atoms with E-state index in [2.05, 4.69) is 5.32 Å². The number of rotatable bonds is 2. The number of carbonyl (C=O) groups is 1. The van der Waals surface area contributed by atoms with Crippen molar-refractivity contribution in [2.75, 3.05) is 13.2 Å². The molecule has 1 aliphatic heterocycles. The third-order valence-electron chi connectivity index (χ3n) is 1.92. The molecule has 1 N–H and O–H groups in total. The van der Waals surface area contributed by atoms with Gasteiger partial charge in [0.15, 0.2) is 5.78 Å². The Kier molecular flexibility index (Phi) is 3.02. The van der Waals surface area contributed by atoms with E-state index in [4.69, 9.17) is 4.74 Å². The first-order valence-corrected chi connectivity index (χ1v) is 4.11. The fraction of sp³-hybridized carbons (Fsp3) is 0.875. The predicted molar refractivity (Wildman–Crippen MR) is 42.5 cm³/mol. The molecule has 0 aliphatic carbocycles. The van der Waals surface area contributed by atoms with Crippen LogP contribution in [0, 0.1) is 0 Å². The van der Waals surface area contributed by atoms with Gasteiger partial charge in [0.25, 0.3) is 0 Å². The van der Waals surface area contributed by atoms with Crippen molar-refractivity contribution in [3.8, 4) is 0 Å². The molecule has 1 heterocycles. The normalized spacial score (nSPS) is 32.4. The summed E-state index contributed by atoms with van der Waals surface area (Å²) >= 11 is 0. The monoisotopic (exact) mass is 157 g/mol. The lowest BCUT2D eigenvalue weighted by molar-refractivity contribution is -0.133. The minimum Gasteiger partial charge on any atom is -0.371 e. The van der Waals surface area contributed by atoms with E-state index >= 15 is 0 Å². The van der Waals surface area contributed by atoms with Gasteiger partial charge in [0, 0.05) is 0 Å². The molecular formula is C8H15NO2. The van der Waals surface area contributed by atoms with E-state index in [0.29, 0.717) is 0 Å². The predicted octanol–water partition coefficient (Wildman–Crippen LogP) is 0.342. The van der Waals surface area contributed by atoms with Crippen LogP contribution in [0.25, 0.3) is 0 Å². The van der Waals surface area contributed by atoms with Gasteiger partial charge in [0.05, 0.1) is 12.1 Å². The van der Waals surface area contributed by atoms with Gasteiger partial charge in [0.2, 0.25) is 0 Å². The molecule has 0 bridgehead atoms. The SMILES string of the molecule is CCNC1CC(C)OCC1=O. The summed E-state index contributed by atoms with van der Waals surface area (Å²) in [5.74, 6) is 0.185. The second-order valence-corrected chi connectivity index (χ2v) is 2.93. The topological polar surface area (TPSA) is 38.3 Å². The van der Waals surface area contributed by atoms with Gasteiger partial charge < -0.3 is 10.1 Å². The van der Waals surface area contributed by atoms with Crippen LogP contribution in [-0.2, 0) is 9.53 Å². The minimum absolute atomic E-state index is 0.0312. The molecule has 0 spiro atoms. The molecule has 0 aromatic carbocycles. The summed E-state index contributed by atoms with van der Waals surface area (Å²) in [5, 5.41) is 3.14. The third kappa shape index (κ3) is 2.27. The molecule has 2 unspecified atom stereocenters. The molecule has 11 heavy (non-hydrogen) atoms. The number of Topliss-reactive ketones (excluding diaryl/α,β-unsaturated/α-hetero) is 1. The van der Waals surface area contributed by atoms with Gasteiger partial charge in [0.1, 0.15) is 6.61 Å². The highest BCUT2D eigenvalue weighted by Gasteiger charge is 2.25. The number of ether oxygens (including phenoxy) is 1. The summed E-state index contributed by atoms with van der Waals surface area (Å²) < 4.78 is 5.18. The van der Waals surface area contributed by atoms with E-state index in [1.165, 1.54) is 0 Å². The van der Waals surface area contributed by atoms with Crippen LogP contribution in [0.15, 0.2) is 0 Å². The fourth-order valence-electron chi connectivity index (χ4n) is 1.30. The Morgan fingerprint density at radius 3 is 3.09 bits per heavy atom. The van der Waals surface area contributed by atoms with Crippen molar-refractivity contribution in [1.82, 2.24) is 5.32 Å². The van der Waals surface area contributed by atoms with Gasteiger partial charge in [-0.15, -0.1) is 0 Å². The lowest BCUT2D eigenvalue weighted by Gasteiger charge is -2.26. The first-order valence-electron chi connectivity index (χ1n) is 4.11. The summed E-state index contributed by atoms with van der Waals surface area (Å²) in [6, 6.07) is 0.0312. The quantitative estimate of drug-likeness (QED) is 0.628. The zero-order valence-corrected chi connectivity index (χ0v) is 7.09. The van der Waals surface area contributed by atoms with Crippen molar-refractivity contribution in [3.63, 3.8) is 0 Å². The number of likely N-dealkylation sites (N-methyl/N-ethyl adjacent to an activating group) is 1. The molecule has 1 fully saturated rings. The van der Waals surface area contributed by atoms with Crippen LogP contribution in [0.2, 0.25) is 0 Å². The first kappa shape index (κ1) is 8.68. The van der Waals surface area contributed by atoms with Gasteiger partial charge in [-0.05, 0) is 19.9 Å². The number of nitrogens with one attached hydrogen (secondary N) is 1. The van der Waals surface area contributed by atoms with Crippen molar-refractivity contribution < 1.29 is 9.53 Å². The summed E-state index contributed by atoms with van der Waals surface area (Å²) in [4.78, 5) is 11.1. The van der Waals surface area contributed by atoms with E-state index in [1.54, 1.807) is 0 Å². The molecule has 0 saturated carbocycles. The highest BCUT2D eigenvalue weighted by atomic mass is 16.5. The molecule has 1 saturated heterocycles. The van der Waals surface area contributed by atoms with Crippen LogP contribution in [0.1, 0.15) is 20.3 Å². The summed E-state index contributed by atoms with van der Waals surface area (Å²) in [5.41, 5.74) is 0. The zero-order chi connectivity index (χ0) is 8.27. The van der Waals surface area contributed by atoms with Gasteiger partial charge in [-0.2, -0.15) is 0 Å². The Morgan fingerprint density at radius 1 is 1.73 bits per heavy atom. The van der Waals surface area contributed by atoms with Crippen LogP contribution in [0.3, 0.4) is 0 Å². The maximum atomic E-state index is 11.1. The number of carbonyl (C=O) groups excluding carboxylic acids is 1. The Morgan fingerprint density at radius 2 is 2.45 bits per heavy atom. The molecule has 1 rings (SSSR count). The van der Waals surface area contributed by atoms with E-state index < -0.39 is 0 Å². The second-order valence-electron chi connectivity index (χ2n) is 2.93. The first-order chi connectivity index (χ1) is 5.24. The molecule has 3 heteroatoms. The number of ketones is 1. The molecular weight excluding hydrogens is 142 g/mol. The van der Waals surface area contributed by atoms with Crippen molar-refractivity contribution in [1.29, 1.82) is 0 Å². The summed E-state index contributed by atoms with van der Waals surface area (Å²) in [6.07, 6.45) is 1.03. The lowest BCUT2D eigenvalue weighted by Crippen LogP contribution is -2.45. The Labute approximate surface area is 67.1 Å². The second kappa shape index (κ2) is 3.83. The molecule has 0 amide bonds.